The minimum atomic E-state index is -0.231. The molecule has 0 fully saturated rings. The molecule has 0 aliphatic heterocycles. The van der Waals surface area contributed by atoms with Gasteiger partial charge in [0.2, 0.25) is 0 Å². The Labute approximate surface area is 180 Å². The third-order valence-corrected chi connectivity index (χ3v) is 4.86. The first-order chi connectivity index (χ1) is 14.0. The predicted molar refractivity (Wildman–Crippen MR) is 115 cm³/mol. The maximum atomic E-state index is 13.0. The number of hydrogen-bond acceptors (Lipinski definition) is 3. The summed E-state index contributed by atoms with van der Waals surface area (Å²) in [7, 11) is 0. The highest BCUT2D eigenvalue weighted by molar-refractivity contribution is 6.35. The second-order valence-electron chi connectivity index (χ2n) is 6.47. The fourth-order valence-corrected chi connectivity index (χ4v) is 3.26. The molecule has 1 N–H and O–H groups in total. The molecule has 0 aliphatic rings. The first-order valence-corrected chi connectivity index (χ1v) is 10.1. The molecule has 29 heavy (non-hydrogen) atoms. The van der Waals surface area contributed by atoms with Crippen molar-refractivity contribution in [3.8, 4) is 11.5 Å². The minimum absolute atomic E-state index is 0.231. The van der Waals surface area contributed by atoms with E-state index in [1.807, 2.05) is 31.2 Å². The van der Waals surface area contributed by atoms with E-state index in [1.54, 1.807) is 24.3 Å². The van der Waals surface area contributed by atoms with Crippen molar-refractivity contribution in [2.24, 2.45) is 0 Å². The van der Waals surface area contributed by atoms with Gasteiger partial charge in [0, 0.05) is 28.7 Å². The highest BCUT2D eigenvalue weighted by Gasteiger charge is 2.09. The average molecular weight is 434 g/mol. The van der Waals surface area contributed by atoms with Gasteiger partial charge in [0.05, 0.1) is 6.61 Å². The molecule has 3 aromatic rings. The van der Waals surface area contributed by atoms with Gasteiger partial charge in [-0.1, -0.05) is 47.5 Å². The zero-order chi connectivity index (χ0) is 20.6. The summed E-state index contributed by atoms with van der Waals surface area (Å²) in [6.45, 7) is 4.08. The number of nitrogens with one attached hydrogen (secondary N) is 1. The van der Waals surface area contributed by atoms with Gasteiger partial charge in [-0.25, -0.2) is 4.39 Å². The van der Waals surface area contributed by atoms with E-state index in [4.69, 9.17) is 32.7 Å². The highest BCUT2D eigenvalue weighted by Crippen LogP contribution is 2.30. The van der Waals surface area contributed by atoms with Crippen LogP contribution in [0.1, 0.15) is 23.6 Å². The number of halogens is 3. The fourth-order valence-electron chi connectivity index (χ4n) is 2.80. The molecule has 6 heteroatoms. The molecule has 3 rings (SSSR count). The summed E-state index contributed by atoms with van der Waals surface area (Å²) < 4.78 is 24.7. The molecule has 0 aromatic heterocycles. The third-order valence-electron chi connectivity index (χ3n) is 4.28. The summed E-state index contributed by atoms with van der Waals surface area (Å²) >= 11 is 12.2. The van der Waals surface area contributed by atoms with Crippen molar-refractivity contribution < 1.29 is 13.9 Å². The standard InChI is InChI=1S/C23H22Cl2FNO2/c1-2-28-23-11-17(14-27-13-16-3-8-20(26)9-4-16)5-10-22(23)29-15-18-6-7-19(24)12-21(18)25/h3-12,27H,2,13-15H2,1H3. The lowest BCUT2D eigenvalue weighted by atomic mass is 10.1. The Morgan fingerprint density at radius 3 is 2.28 bits per heavy atom. The summed E-state index contributed by atoms with van der Waals surface area (Å²) in [5.41, 5.74) is 2.94. The largest absolute Gasteiger partial charge is 0.490 e. The maximum absolute atomic E-state index is 13.0. The summed E-state index contributed by atoms with van der Waals surface area (Å²) in [6.07, 6.45) is 0. The molecule has 0 aliphatic carbocycles. The van der Waals surface area contributed by atoms with Gasteiger partial charge in [-0.2, -0.15) is 0 Å². The monoisotopic (exact) mass is 433 g/mol. The Morgan fingerprint density at radius 1 is 0.828 bits per heavy atom. The van der Waals surface area contributed by atoms with Gasteiger partial charge in [0.1, 0.15) is 12.4 Å². The Morgan fingerprint density at radius 2 is 1.55 bits per heavy atom. The van der Waals surface area contributed by atoms with Crippen LogP contribution in [0.5, 0.6) is 11.5 Å². The van der Waals surface area contributed by atoms with Crippen molar-refractivity contribution in [3.05, 3.63) is 93.2 Å². The highest BCUT2D eigenvalue weighted by atomic mass is 35.5. The van der Waals surface area contributed by atoms with Gasteiger partial charge in [-0.15, -0.1) is 0 Å². The van der Waals surface area contributed by atoms with Gasteiger partial charge < -0.3 is 14.8 Å². The second kappa shape index (κ2) is 10.5. The molecular weight excluding hydrogens is 412 g/mol. The summed E-state index contributed by atoms with van der Waals surface area (Å²) in [5, 5.41) is 4.50. The number of hydrogen-bond donors (Lipinski definition) is 1. The van der Waals surface area contributed by atoms with E-state index in [0.717, 1.165) is 16.7 Å². The van der Waals surface area contributed by atoms with Crippen LogP contribution in [0.3, 0.4) is 0 Å². The van der Waals surface area contributed by atoms with Gasteiger partial charge in [-0.3, -0.25) is 0 Å². The van der Waals surface area contributed by atoms with Crippen molar-refractivity contribution in [1.82, 2.24) is 5.32 Å². The smallest absolute Gasteiger partial charge is 0.161 e. The summed E-state index contributed by atoms with van der Waals surface area (Å²) in [6, 6.07) is 17.6. The van der Waals surface area contributed by atoms with Crippen LogP contribution >= 0.6 is 23.2 Å². The zero-order valence-corrected chi connectivity index (χ0v) is 17.6. The molecule has 0 atom stereocenters. The van der Waals surface area contributed by atoms with Crippen LogP contribution in [0, 0.1) is 5.82 Å². The van der Waals surface area contributed by atoms with Crippen LogP contribution in [-0.2, 0) is 19.7 Å². The van der Waals surface area contributed by atoms with Gasteiger partial charge in [-0.05, 0) is 54.4 Å². The molecule has 0 saturated heterocycles. The molecule has 0 heterocycles. The Balaban J connectivity index is 1.62. The molecule has 0 bridgehead atoms. The fraction of sp³-hybridized carbons (Fsp3) is 0.217. The molecule has 0 radical (unpaired) electrons. The molecule has 0 spiro atoms. The van der Waals surface area contributed by atoms with Crippen LogP contribution in [0.15, 0.2) is 60.7 Å². The zero-order valence-electron chi connectivity index (χ0n) is 16.1. The van der Waals surface area contributed by atoms with Crippen LogP contribution in [0.25, 0.3) is 0 Å². The van der Waals surface area contributed by atoms with E-state index in [0.29, 0.717) is 47.8 Å². The molecule has 0 saturated carbocycles. The molecule has 0 unspecified atom stereocenters. The molecule has 3 aromatic carbocycles. The predicted octanol–water partition coefficient (Wildman–Crippen LogP) is 6.40. The maximum Gasteiger partial charge on any atom is 0.161 e. The Bertz CT molecular complexity index is 948. The first kappa shape index (κ1) is 21.4. The van der Waals surface area contributed by atoms with Crippen molar-refractivity contribution in [2.75, 3.05) is 6.61 Å². The molecule has 0 amide bonds. The van der Waals surface area contributed by atoms with Crippen molar-refractivity contribution >= 4 is 23.2 Å². The summed E-state index contributed by atoms with van der Waals surface area (Å²) in [5.74, 6) is 1.10. The Kier molecular flexibility index (Phi) is 7.76. The van der Waals surface area contributed by atoms with E-state index in [1.165, 1.54) is 12.1 Å². The average Bonchev–Trinajstić information content (AvgIpc) is 2.70. The van der Waals surface area contributed by atoms with Crippen molar-refractivity contribution in [1.29, 1.82) is 0 Å². The van der Waals surface area contributed by atoms with E-state index < -0.39 is 0 Å². The lowest BCUT2D eigenvalue weighted by Crippen LogP contribution is -2.13. The van der Waals surface area contributed by atoms with E-state index >= 15 is 0 Å². The van der Waals surface area contributed by atoms with E-state index in [9.17, 15) is 4.39 Å². The van der Waals surface area contributed by atoms with E-state index in [2.05, 4.69) is 5.32 Å². The Hall–Kier alpha value is -2.27. The normalized spacial score (nSPS) is 10.8. The quantitative estimate of drug-likeness (QED) is 0.423. The lowest BCUT2D eigenvalue weighted by Gasteiger charge is -2.14. The number of rotatable bonds is 9. The topological polar surface area (TPSA) is 30.5 Å². The van der Waals surface area contributed by atoms with Gasteiger partial charge >= 0.3 is 0 Å². The van der Waals surface area contributed by atoms with Gasteiger partial charge in [0.15, 0.2) is 11.5 Å². The first-order valence-electron chi connectivity index (χ1n) is 9.32. The minimum Gasteiger partial charge on any atom is -0.490 e. The van der Waals surface area contributed by atoms with Crippen LogP contribution in [0.4, 0.5) is 4.39 Å². The molecular formula is C23H22Cl2FNO2. The van der Waals surface area contributed by atoms with Crippen LogP contribution in [-0.4, -0.2) is 6.61 Å². The molecule has 3 nitrogen and oxygen atoms in total. The van der Waals surface area contributed by atoms with E-state index in [-0.39, 0.29) is 5.82 Å². The van der Waals surface area contributed by atoms with Gasteiger partial charge in [0.25, 0.3) is 0 Å². The summed E-state index contributed by atoms with van der Waals surface area (Å²) in [4.78, 5) is 0. The number of benzene rings is 3. The third kappa shape index (κ3) is 6.36. The SMILES string of the molecule is CCOc1cc(CNCc2ccc(F)cc2)ccc1OCc1ccc(Cl)cc1Cl. The van der Waals surface area contributed by atoms with Crippen molar-refractivity contribution in [2.45, 2.75) is 26.6 Å². The number of ether oxygens (including phenoxy) is 2. The molecule has 152 valence electrons. The van der Waals surface area contributed by atoms with Crippen LogP contribution < -0.4 is 14.8 Å². The van der Waals surface area contributed by atoms with Crippen LogP contribution in [0.2, 0.25) is 10.0 Å². The van der Waals surface area contributed by atoms with Crippen molar-refractivity contribution in [3.63, 3.8) is 0 Å². The lowest BCUT2D eigenvalue weighted by molar-refractivity contribution is 0.269. The second-order valence-corrected chi connectivity index (χ2v) is 7.31.